The zero-order valence-electron chi connectivity index (χ0n) is 6.79. The Morgan fingerprint density at radius 1 is 1.27 bits per heavy atom. The molecule has 2 aliphatic rings. The molecule has 2 fully saturated rings. The largest absolute Gasteiger partial charge is 0.372 e. The molecule has 2 atom stereocenters. The van der Waals surface area contributed by atoms with Crippen LogP contribution in [0.25, 0.3) is 0 Å². The standard InChI is InChI=1S/C8H14O2S/c1-2-11(5-7-3-9-7)6-8-4-10-8/h2,7-8H,3-6H2,1H3. The molecular formula is C8H14O2S. The van der Waals surface area contributed by atoms with Gasteiger partial charge in [0, 0.05) is 11.5 Å². The molecule has 64 valence electrons. The van der Waals surface area contributed by atoms with E-state index in [0.29, 0.717) is 22.7 Å². The van der Waals surface area contributed by atoms with Crippen molar-refractivity contribution >= 4 is 15.9 Å². The van der Waals surface area contributed by atoms with E-state index in [0.717, 1.165) is 13.2 Å². The van der Waals surface area contributed by atoms with Crippen LogP contribution in [0.15, 0.2) is 0 Å². The van der Waals surface area contributed by atoms with Crippen LogP contribution in [0.3, 0.4) is 0 Å². The number of ether oxygens (including phenoxy) is 2. The van der Waals surface area contributed by atoms with Crippen molar-refractivity contribution in [3.05, 3.63) is 0 Å². The van der Waals surface area contributed by atoms with Gasteiger partial charge in [0.15, 0.2) is 0 Å². The Morgan fingerprint density at radius 2 is 1.73 bits per heavy atom. The minimum absolute atomic E-state index is 0.458. The van der Waals surface area contributed by atoms with Crippen molar-refractivity contribution < 1.29 is 9.47 Å². The Labute approximate surface area is 69.8 Å². The molecule has 0 radical (unpaired) electrons. The normalized spacial score (nSPS) is 36.5. The number of rotatable bonds is 4. The molecule has 2 unspecified atom stereocenters. The van der Waals surface area contributed by atoms with Crippen molar-refractivity contribution in [3.8, 4) is 0 Å². The van der Waals surface area contributed by atoms with Gasteiger partial charge in [-0.2, -0.15) is 10.5 Å². The maximum Gasteiger partial charge on any atom is 0.0895 e. The molecule has 0 N–H and O–H groups in total. The van der Waals surface area contributed by atoms with Gasteiger partial charge in [0.2, 0.25) is 0 Å². The van der Waals surface area contributed by atoms with E-state index in [2.05, 4.69) is 12.3 Å². The van der Waals surface area contributed by atoms with E-state index in [1.165, 1.54) is 11.5 Å². The van der Waals surface area contributed by atoms with E-state index in [-0.39, 0.29) is 0 Å². The third-order valence-electron chi connectivity index (χ3n) is 1.94. The monoisotopic (exact) mass is 174 g/mol. The van der Waals surface area contributed by atoms with E-state index in [9.17, 15) is 0 Å². The van der Waals surface area contributed by atoms with Crippen LogP contribution in [0.1, 0.15) is 6.92 Å². The van der Waals surface area contributed by atoms with Crippen LogP contribution in [0.5, 0.6) is 0 Å². The summed E-state index contributed by atoms with van der Waals surface area (Å²) in [6.07, 6.45) is 1.15. The lowest BCUT2D eigenvalue weighted by Gasteiger charge is -2.03. The summed E-state index contributed by atoms with van der Waals surface area (Å²) in [4.78, 5) is 0. The van der Waals surface area contributed by atoms with Crippen LogP contribution in [-0.2, 0) is 9.47 Å². The van der Waals surface area contributed by atoms with E-state index in [1.807, 2.05) is 0 Å². The molecule has 0 saturated carbocycles. The first-order valence-electron chi connectivity index (χ1n) is 4.07. The van der Waals surface area contributed by atoms with Gasteiger partial charge in [0.25, 0.3) is 0 Å². The van der Waals surface area contributed by atoms with Gasteiger partial charge in [-0.25, -0.2) is 0 Å². The van der Waals surface area contributed by atoms with Crippen LogP contribution in [0, 0.1) is 0 Å². The van der Waals surface area contributed by atoms with E-state index < -0.39 is 0 Å². The highest BCUT2D eigenvalue weighted by molar-refractivity contribution is 8.15. The van der Waals surface area contributed by atoms with Crippen molar-refractivity contribution in [2.24, 2.45) is 0 Å². The Morgan fingerprint density at radius 3 is 2.00 bits per heavy atom. The predicted molar refractivity (Wildman–Crippen MR) is 48.5 cm³/mol. The minimum atomic E-state index is 0.458. The summed E-state index contributed by atoms with van der Waals surface area (Å²) in [5, 5.41) is 2.31. The zero-order valence-corrected chi connectivity index (χ0v) is 7.60. The SMILES string of the molecule is CC=S(CC1CO1)CC1CO1. The smallest absolute Gasteiger partial charge is 0.0895 e. The number of hydrogen-bond donors (Lipinski definition) is 0. The van der Waals surface area contributed by atoms with Gasteiger partial charge in [-0.05, 0) is 6.92 Å². The molecular weight excluding hydrogens is 160 g/mol. The summed E-state index contributed by atoms with van der Waals surface area (Å²) in [6, 6.07) is 0. The van der Waals surface area contributed by atoms with Gasteiger partial charge in [-0.1, -0.05) is 5.37 Å². The molecule has 0 bridgehead atoms. The van der Waals surface area contributed by atoms with Crippen molar-refractivity contribution in [3.63, 3.8) is 0 Å². The number of hydrogen-bond acceptors (Lipinski definition) is 2. The van der Waals surface area contributed by atoms with Crippen LogP contribution in [-0.4, -0.2) is 42.3 Å². The van der Waals surface area contributed by atoms with Crippen molar-refractivity contribution in [2.45, 2.75) is 19.1 Å². The Balaban J connectivity index is 1.74. The van der Waals surface area contributed by atoms with Crippen LogP contribution < -0.4 is 0 Å². The lowest BCUT2D eigenvalue weighted by atomic mass is 10.6. The lowest BCUT2D eigenvalue weighted by molar-refractivity contribution is 0.422. The summed E-state index contributed by atoms with van der Waals surface area (Å²) in [6.45, 7) is 4.12. The third kappa shape index (κ3) is 2.58. The Bertz CT molecular complexity index is 155. The fourth-order valence-corrected chi connectivity index (χ4v) is 2.93. The van der Waals surface area contributed by atoms with Crippen molar-refractivity contribution in [2.75, 3.05) is 24.7 Å². The van der Waals surface area contributed by atoms with Gasteiger partial charge in [-0.15, -0.1) is 0 Å². The molecule has 0 spiro atoms. The second kappa shape index (κ2) is 3.25. The highest BCUT2D eigenvalue weighted by Crippen LogP contribution is 2.26. The van der Waals surface area contributed by atoms with Gasteiger partial charge in [-0.3, -0.25) is 0 Å². The third-order valence-corrected chi connectivity index (χ3v) is 4.20. The second-order valence-electron chi connectivity index (χ2n) is 3.02. The van der Waals surface area contributed by atoms with Gasteiger partial charge in [0.1, 0.15) is 0 Å². The summed E-state index contributed by atoms with van der Waals surface area (Å²) < 4.78 is 10.4. The molecule has 0 aromatic rings. The van der Waals surface area contributed by atoms with Crippen LogP contribution >= 0.6 is 10.5 Å². The van der Waals surface area contributed by atoms with E-state index in [4.69, 9.17) is 9.47 Å². The van der Waals surface area contributed by atoms with E-state index >= 15 is 0 Å². The summed E-state index contributed by atoms with van der Waals surface area (Å²) >= 11 is 0. The molecule has 2 heterocycles. The summed E-state index contributed by atoms with van der Waals surface area (Å²) in [5.41, 5.74) is 0. The summed E-state index contributed by atoms with van der Waals surface area (Å²) in [5.74, 6) is 2.46. The molecule has 2 rings (SSSR count). The summed E-state index contributed by atoms with van der Waals surface area (Å²) in [7, 11) is 0.458. The maximum atomic E-state index is 5.19. The molecule has 2 aliphatic heterocycles. The fourth-order valence-electron chi connectivity index (χ4n) is 1.07. The molecule has 0 aliphatic carbocycles. The molecule has 2 nitrogen and oxygen atoms in total. The first-order chi connectivity index (χ1) is 5.38. The predicted octanol–water partition coefficient (Wildman–Crippen LogP) is 0.875. The molecule has 0 amide bonds. The van der Waals surface area contributed by atoms with Gasteiger partial charge < -0.3 is 9.47 Å². The first kappa shape index (κ1) is 7.77. The van der Waals surface area contributed by atoms with Crippen LogP contribution in [0.2, 0.25) is 0 Å². The van der Waals surface area contributed by atoms with Crippen molar-refractivity contribution in [1.29, 1.82) is 0 Å². The van der Waals surface area contributed by atoms with Crippen LogP contribution in [0.4, 0.5) is 0 Å². The molecule has 3 heteroatoms. The highest BCUT2D eigenvalue weighted by Gasteiger charge is 2.27. The zero-order chi connectivity index (χ0) is 7.68. The average molecular weight is 174 g/mol. The minimum Gasteiger partial charge on any atom is -0.372 e. The fraction of sp³-hybridized carbons (Fsp3) is 0.875. The van der Waals surface area contributed by atoms with Crippen molar-refractivity contribution in [1.82, 2.24) is 0 Å². The van der Waals surface area contributed by atoms with E-state index in [1.54, 1.807) is 0 Å². The topological polar surface area (TPSA) is 25.1 Å². The quantitative estimate of drug-likeness (QED) is 0.467. The molecule has 0 aromatic heterocycles. The lowest BCUT2D eigenvalue weighted by Crippen LogP contribution is -2.00. The highest BCUT2D eigenvalue weighted by atomic mass is 32.2. The van der Waals surface area contributed by atoms with Gasteiger partial charge in [0.05, 0.1) is 25.4 Å². The maximum absolute atomic E-state index is 5.19. The molecule has 2 saturated heterocycles. The van der Waals surface area contributed by atoms with Gasteiger partial charge >= 0.3 is 0 Å². The molecule has 11 heavy (non-hydrogen) atoms. The Kier molecular flexibility index (Phi) is 2.30. The number of epoxide rings is 2. The second-order valence-corrected chi connectivity index (χ2v) is 5.23. The Hall–Kier alpha value is 0.140. The average Bonchev–Trinajstić information content (AvgIpc) is 2.78. The molecule has 0 aromatic carbocycles. The first-order valence-corrected chi connectivity index (χ1v) is 5.70.